The maximum Gasteiger partial charge on any atom is 0.255 e. The summed E-state index contributed by atoms with van der Waals surface area (Å²) in [5.41, 5.74) is 3.42. The van der Waals surface area contributed by atoms with Crippen molar-refractivity contribution in [3.8, 4) is 0 Å². The third kappa shape index (κ3) is 5.34. The van der Waals surface area contributed by atoms with Crippen molar-refractivity contribution in [1.29, 1.82) is 0 Å². The highest BCUT2D eigenvalue weighted by Crippen LogP contribution is 2.24. The molecule has 2 heterocycles. The van der Waals surface area contributed by atoms with E-state index in [-0.39, 0.29) is 18.2 Å². The van der Waals surface area contributed by atoms with E-state index in [1.807, 2.05) is 36.4 Å². The topological polar surface area (TPSA) is 50.3 Å². The van der Waals surface area contributed by atoms with Gasteiger partial charge in [-0.25, -0.2) is 0 Å². The van der Waals surface area contributed by atoms with E-state index in [1.165, 1.54) is 0 Å². The van der Waals surface area contributed by atoms with Crippen LogP contribution in [0.3, 0.4) is 0 Å². The third-order valence-electron chi connectivity index (χ3n) is 5.21. The van der Waals surface area contributed by atoms with E-state index in [2.05, 4.69) is 4.98 Å². The molecule has 4 nitrogen and oxygen atoms in total. The lowest BCUT2D eigenvalue weighted by molar-refractivity contribution is -0.112. The molecule has 1 fully saturated rings. The lowest BCUT2D eigenvalue weighted by Crippen LogP contribution is -2.33. The number of pyridine rings is 1. The lowest BCUT2D eigenvalue weighted by Gasteiger charge is -2.20. The zero-order valence-corrected chi connectivity index (χ0v) is 18.7. The van der Waals surface area contributed by atoms with Crippen LogP contribution in [0.2, 0.25) is 10.0 Å². The van der Waals surface area contributed by atoms with Gasteiger partial charge in [-0.05, 0) is 66.1 Å². The second-order valence-electron chi connectivity index (χ2n) is 7.49. The van der Waals surface area contributed by atoms with Gasteiger partial charge >= 0.3 is 0 Å². The molecular formula is C26H20Cl2N2O2. The number of aromatic nitrogens is 1. The number of nitrogens with zero attached hydrogens (tertiary/aromatic N) is 2. The minimum absolute atomic E-state index is 0.0728. The van der Waals surface area contributed by atoms with Crippen LogP contribution in [0, 0.1) is 0 Å². The van der Waals surface area contributed by atoms with Gasteiger partial charge in [0.1, 0.15) is 0 Å². The number of carbonyl (C=O) groups is 2. The fraction of sp³-hybridized carbons (Fsp3) is 0.115. The number of hydrogen-bond donors (Lipinski definition) is 0. The van der Waals surface area contributed by atoms with Crippen molar-refractivity contribution in [2.75, 3.05) is 13.1 Å². The SMILES string of the molecule is O=C1/C(=C/c2ccc(Cl)cc2)CCN(C(=O)c2cccnc2)C/C1=C\c1ccc(Cl)cc1. The van der Waals surface area contributed by atoms with Gasteiger partial charge in [-0.2, -0.15) is 0 Å². The van der Waals surface area contributed by atoms with Gasteiger partial charge in [0.15, 0.2) is 5.78 Å². The summed E-state index contributed by atoms with van der Waals surface area (Å²) in [5, 5.41) is 1.26. The van der Waals surface area contributed by atoms with Crippen molar-refractivity contribution in [2.24, 2.45) is 0 Å². The van der Waals surface area contributed by atoms with Crippen LogP contribution in [0.1, 0.15) is 27.9 Å². The van der Waals surface area contributed by atoms with Gasteiger partial charge in [0, 0.05) is 46.7 Å². The van der Waals surface area contributed by atoms with Crippen molar-refractivity contribution >= 4 is 47.0 Å². The molecule has 0 aliphatic carbocycles. The number of hydrogen-bond acceptors (Lipinski definition) is 3. The standard InChI is InChI=1S/C26H20Cl2N2O2/c27-23-7-3-18(4-8-23)14-20-11-13-30(26(32)21-2-1-12-29-16-21)17-22(25(20)31)15-19-5-9-24(28)10-6-19/h1-10,12,14-16H,11,13,17H2/b20-14+,22-15+. The molecule has 4 rings (SSSR count). The van der Waals surface area contributed by atoms with Crippen LogP contribution >= 0.6 is 23.2 Å². The Balaban J connectivity index is 1.71. The lowest BCUT2D eigenvalue weighted by atomic mass is 9.98. The smallest absolute Gasteiger partial charge is 0.255 e. The highest BCUT2D eigenvalue weighted by molar-refractivity contribution is 6.30. The van der Waals surface area contributed by atoms with E-state index < -0.39 is 0 Å². The largest absolute Gasteiger partial charge is 0.334 e. The minimum atomic E-state index is -0.152. The van der Waals surface area contributed by atoms with Gasteiger partial charge in [-0.3, -0.25) is 14.6 Å². The number of halogens is 2. The number of amides is 1. The molecule has 0 radical (unpaired) electrons. The molecule has 2 aromatic carbocycles. The molecule has 6 heteroatoms. The van der Waals surface area contributed by atoms with E-state index in [4.69, 9.17) is 23.2 Å². The number of likely N-dealkylation sites (tertiary alicyclic amines) is 1. The molecular weight excluding hydrogens is 443 g/mol. The number of ketones is 1. The van der Waals surface area contributed by atoms with E-state index in [0.29, 0.717) is 39.7 Å². The van der Waals surface area contributed by atoms with Crippen molar-refractivity contribution in [1.82, 2.24) is 9.88 Å². The zero-order valence-electron chi connectivity index (χ0n) is 17.2. The molecule has 0 saturated carbocycles. The Kier molecular flexibility index (Phi) is 6.84. The normalized spacial score (nSPS) is 16.9. The average Bonchev–Trinajstić information content (AvgIpc) is 2.96. The fourth-order valence-electron chi connectivity index (χ4n) is 3.55. The first-order valence-corrected chi connectivity index (χ1v) is 10.9. The molecule has 1 aliphatic heterocycles. The molecule has 32 heavy (non-hydrogen) atoms. The Hall–Kier alpha value is -3.21. The Bertz CT molecular complexity index is 1180. The van der Waals surface area contributed by atoms with E-state index in [9.17, 15) is 9.59 Å². The van der Waals surface area contributed by atoms with E-state index >= 15 is 0 Å². The summed E-state index contributed by atoms with van der Waals surface area (Å²) in [7, 11) is 0. The molecule has 0 N–H and O–H groups in total. The first-order valence-electron chi connectivity index (χ1n) is 10.2. The van der Waals surface area contributed by atoms with Crippen molar-refractivity contribution in [3.05, 3.63) is 111 Å². The predicted molar refractivity (Wildman–Crippen MR) is 129 cm³/mol. The maximum absolute atomic E-state index is 13.5. The summed E-state index contributed by atoms with van der Waals surface area (Å²) < 4.78 is 0. The number of rotatable bonds is 3. The minimum Gasteiger partial charge on any atom is -0.334 e. The van der Waals surface area contributed by atoms with Gasteiger partial charge < -0.3 is 4.90 Å². The molecule has 0 bridgehead atoms. The van der Waals surface area contributed by atoms with Crippen LogP contribution in [-0.4, -0.2) is 34.7 Å². The van der Waals surface area contributed by atoms with Gasteiger partial charge in [0.25, 0.3) is 5.91 Å². The molecule has 0 spiro atoms. The van der Waals surface area contributed by atoms with Crippen molar-refractivity contribution < 1.29 is 9.59 Å². The Labute approximate surface area is 196 Å². The number of Topliss-reactive ketones (excluding diaryl/α,β-unsaturated/α-hetero) is 1. The summed E-state index contributed by atoms with van der Waals surface area (Å²) in [6, 6.07) is 18.0. The van der Waals surface area contributed by atoms with E-state index in [0.717, 1.165) is 11.1 Å². The zero-order chi connectivity index (χ0) is 22.5. The molecule has 1 amide bonds. The molecule has 1 aliphatic rings. The summed E-state index contributed by atoms with van der Waals surface area (Å²) in [6.45, 7) is 0.643. The summed E-state index contributed by atoms with van der Waals surface area (Å²) >= 11 is 12.0. The summed E-state index contributed by atoms with van der Waals surface area (Å²) in [5.74, 6) is -0.225. The Morgan fingerprint density at radius 2 is 1.47 bits per heavy atom. The van der Waals surface area contributed by atoms with Crippen molar-refractivity contribution in [2.45, 2.75) is 6.42 Å². The molecule has 3 aromatic rings. The van der Waals surface area contributed by atoms with Gasteiger partial charge in [0.05, 0.1) is 5.56 Å². The van der Waals surface area contributed by atoms with Gasteiger partial charge in [-0.1, -0.05) is 47.5 Å². The molecule has 1 saturated heterocycles. The average molecular weight is 463 g/mol. The number of carbonyl (C=O) groups excluding carboxylic acids is 2. The van der Waals surface area contributed by atoms with Crippen LogP contribution in [-0.2, 0) is 4.79 Å². The van der Waals surface area contributed by atoms with Gasteiger partial charge in [-0.15, -0.1) is 0 Å². The van der Waals surface area contributed by atoms with E-state index in [1.54, 1.807) is 53.7 Å². The first-order chi connectivity index (χ1) is 15.5. The van der Waals surface area contributed by atoms with Crippen LogP contribution < -0.4 is 0 Å². The molecule has 160 valence electrons. The van der Waals surface area contributed by atoms with Crippen molar-refractivity contribution in [3.63, 3.8) is 0 Å². The van der Waals surface area contributed by atoms with Crippen LogP contribution in [0.5, 0.6) is 0 Å². The second kappa shape index (κ2) is 9.94. The Morgan fingerprint density at radius 3 is 2.03 bits per heavy atom. The van der Waals surface area contributed by atoms with Crippen LogP contribution in [0.25, 0.3) is 12.2 Å². The second-order valence-corrected chi connectivity index (χ2v) is 8.36. The number of benzene rings is 2. The first kappa shape index (κ1) is 22.0. The molecule has 0 unspecified atom stereocenters. The highest BCUT2D eigenvalue weighted by Gasteiger charge is 2.27. The van der Waals surface area contributed by atoms with Gasteiger partial charge in [0.2, 0.25) is 0 Å². The Morgan fingerprint density at radius 1 is 0.875 bits per heavy atom. The van der Waals surface area contributed by atoms with Crippen LogP contribution in [0.15, 0.2) is 84.2 Å². The predicted octanol–water partition coefficient (Wildman–Crippen LogP) is 5.97. The quantitative estimate of drug-likeness (QED) is 0.450. The van der Waals surface area contributed by atoms with Crippen LogP contribution in [0.4, 0.5) is 0 Å². The fourth-order valence-corrected chi connectivity index (χ4v) is 3.80. The summed E-state index contributed by atoms with van der Waals surface area (Å²) in [4.78, 5) is 32.3. The maximum atomic E-state index is 13.5. The highest BCUT2D eigenvalue weighted by atomic mass is 35.5. The molecule has 1 aromatic heterocycles. The molecule has 0 atom stereocenters. The third-order valence-corrected chi connectivity index (χ3v) is 5.72. The monoisotopic (exact) mass is 462 g/mol. The summed E-state index contributed by atoms with van der Waals surface area (Å²) in [6.07, 6.45) is 7.31.